The number of halogens is 3. The van der Waals surface area contributed by atoms with E-state index in [1.54, 1.807) is 10.8 Å². The normalized spacial score (nSPS) is 14.8. The minimum atomic E-state index is -5.08. The molecule has 0 aromatic heterocycles. The Labute approximate surface area is 172 Å². The van der Waals surface area contributed by atoms with Gasteiger partial charge in [-0.15, -0.1) is 0 Å². The molecule has 0 radical (unpaired) electrons. The van der Waals surface area contributed by atoms with Gasteiger partial charge in [0.2, 0.25) is 5.91 Å². The number of ether oxygens (including phenoxy) is 1. The Kier molecular flexibility index (Phi) is 10.7. The first-order valence-corrected chi connectivity index (χ1v) is 10.9. The van der Waals surface area contributed by atoms with Gasteiger partial charge in [0.25, 0.3) is 0 Å². The van der Waals surface area contributed by atoms with Crippen molar-refractivity contribution in [2.24, 2.45) is 0 Å². The highest BCUT2D eigenvalue weighted by atomic mass is 33.1. The van der Waals surface area contributed by atoms with Crippen molar-refractivity contribution in [3.05, 3.63) is 29.8 Å². The molecule has 29 heavy (non-hydrogen) atoms. The van der Waals surface area contributed by atoms with Gasteiger partial charge in [-0.25, -0.2) is 4.79 Å². The number of benzene rings is 1. The number of hydrogen-bond donors (Lipinski definition) is 3. The van der Waals surface area contributed by atoms with E-state index >= 15 is 0 Å². The molecule has 162 valence electrons. The number of hydrogen-bond acceptors (Lipinski definition) is 6. The van der Waals surface area contributed by atoms with Gasteiger partial charge >= 0.3 is 18.1 Å². The quantitative estimate of drug-likeness (QED) is 0.385. The third kappa shape index (κ3) is 10.9. The Morgan fingerprint density at radius 2 is 1.76 bits per heavy atom. The number of amides is 1. The highest BCUT2D eigenvalue weighted by Crippen LogP contribution is 2.29. The molecule has 0 saturated heterocycles. The molecule has 0 spiro atoms. The van der Waals surface area contributed by atoms with Crippen LogP contribution in [-0.2, 0) is 20.8 Å². The number of carboxylic acids is 2. The Morgan fingerprint density at radius 3 is 2.34 bits per heavy atom. The summed E-state index contributed by atoms with van der Waals surface area (Å²) in [4.78, 5) is 31.1. The van der Waals surface area contributed by atoms with E-state index in [9.17, 15) is 22.8 Å². The zero-order valence-electron chi connectivity index (χ0n) is 15.1. The lowest BCUT2D eigenvalue weighted by Crippen LogP contribution is -2.30. The second-order valence-electron chi connectivity index (χ2n) is 5.70. The van der Waals surface area contributed by atoms with Crippen LogP contribution < -0.4 is 10.1 Å². The van der Waals surface area contributed by atoms with Gasteiger partial charge in [0.15, 0.2) is 0 Å². The van der Waals surface area contributed by atoms with Gasteiger partial charge in [-0.1, -0.05) is 39.8 Å². The number of para-hydroxylation sites is 1. The summed E-state index contributed by atoms with van der Waals surface area (Å²) in [7, 11) is 3.09. The molecule has 1 unspecified atom stereocenters. The number of fused-ring (bicyclic) bond motifs is 1. The van der Waals surface area contributed by atoms with Crippen molar-refractivity contribution in [1.29, 1.82) is 0 Å². The molecule has 0 bridgehead atoms. The Bertz CT molecular complexity index is 677. The average molecular weight is 455 g/mol. The third-order valence-electron chi connectivity index (χ3n) is 3.36. The van der Waals surface area contributed by atoms with Gasteiger partial charge in [0, 0.05) is 24.5 Å². The summed E-state index contributed by atoms with van der Waals surface area (Å²) >= 11 is 0. The van der Waals surface area contributed by atoms with Gasteiger partial charge in [0.05, 0.1) is 12.8 Å². The van der Waals surface area contributed by atoms with Crippen molar-refractivity contribution in [3.8, 4) is 5.75 Å². The second-order valence-corrected chi connectivity index (χ2v) is 8.40. The Balaban J connectivity index is 0.000000516. The lowest BCUT2D eigenvalue weighted by Gasteiger charge is -2.10. The predicted molar refractivity (Wildman–Crippen MR) is 103 cm³/mol. The number of aliphatic carboxylic acids is 2. The van der Waals surface area contributed by atoms with Crippen molar-refractivity contribution >= 4 is 39.4 Å². The number of alkyl halides is 3. The third-order valence-corrected chi connectivity index (χ3v) is 5.77. The van der Waals surface area contributed by atoms with Gasteiger partial charge < -0.3 is 20.3 Å². The fraction of sp³-hybridized carbons (Fsp3) is 0.471. The van der Waals surface area contributed by atoms with E-state index in [1.807, 2.05) is 24.3 Å². The number of rotatable bonds is 9. The smallest absolute Gasteiger partial charge is 0.489 e. The number of carboxylic acid groups (broad SMARTS) is 2. The molecule has 1 atom stereocenters. The number of carbonyl (C=O) groups is 3. The van der Waals surface area contributed by atoms with Crippen LogP contribution in [0, 0.1) is 0 Å². The predicted octanol–water partition coefficient (Wildman–Crippen LogP) is 2.99. The van der Waals surface area contributed by atoms with Crippen LogP contribution in [0.5, 0.6) is 5.75 Å². The van der Waals surface area contributed by atoms with Crippen molar-refractivity contribution in [3.63, 3.8) is 0 Å². The fourth-order valence-corrected chi connectivity index (χ4v) is 4.01. The lowest BCUT2D eigenvalue weighted by atomic mass is 10.1. The van der Waals surface area contributed by atoms with Crippen molar-refractivity contribution in [2.45, 2.75) is 31.5 Å². The summed E-state index contributed by atoms with van der Waals surface area (Å²) in [6, 6.07) is 7.86. The fourth-order valence-electron chi connectivity index (χ4n) is 2.13. The number of nitrogens with one attached hydrogen (secondary N) is 1. The van der Waals surface area contributed by atoms with Crippen LogP contribution >= 0.6 is 21.6 Å². The van der Waals surface area contributed by atoms with Gasteiger partial charge in [-0.05, 0) is 11.6 Å². The van der Waals surface area contributed by atoms with Crippen LogP contribution in [0.3, 0.4) is 0 Å². The molecule has 12 heteroatoms. The molecule has 0 saturated carbocycles. The van der Waals surface area contributed by atoms with Crippen LogP contribution in [0.2, 0.25) is 0 Å². The minimum absolute atomic E-state index is 0.00561. The first-order chi connectivity index (χ1) is 13.6. The molecule has 0 aliphatic carbocycles. The van der Waals surface area contributed by atoms with Crippen LogP contribution in [-0.4, -0.2) is 58.4 Å². The van der Waals surface area contributed by atoms with Crippen molar-refractivity contribution < 1.29 is 42.5 Å². The molecule has 1 aromatic rings. The van der Waals surface area contributed by atoms with Gasteiger partial charge in [0.1, 0.15) is 11.9 Å². The summed E-state index contributed by atoms with van der Waals surface area (Å²) in [6.07, 6.45) is -3.84. The standard InChI is InChI=1S/C15H19NO4S2.C2HF3O2/c17-14(16-6-8-22-21-7-5-15(18)19)10-12-9-11-3-1-2-4-13(11)20-12;3-2(4,5)1(6)7/h1-4,12H,5-10H2,(H,16,17)(H,18,19);(H,6,7). The molecule has 1 aliphatic rings. The molecule has 0 fully saturated rings. The first kappa shape index (κ1) is 25.0. The summed E-state index contributed by atoms with van der Waals surface area (Å²) in [5, 5.41) is 18.5. The van der Waals surface area contributed by atoms with Crippen molar-refractivity contribution in [1.82, 2.24) is 5.32 Å². The molecule has 2 rings (SSSR count). The molecule has 7 nitrogen and oxygen atoms in total. The summed E-state index contributed by atoms with van der Waals surface area (Å²) in [5.74, 6) is -1.31. The molecular weight excluding hydrogens is 435 g/mol. The summed E-state index contributed by atoms with van der Waals surface area (Å²) < 4.78 is 37.5. The monoisotopic (exact) mass is 455 g/mol. The summed E-state index contributed by atoms with van der Waals surface area (Å²) in [5.41, 5.74) is 1.16. The topological polar surface area (TPSA) is 113 Å². The second kappa shape index (κ2) is 12.5. The highest BCUT2D eigenvalue weighted by molar-refractivity contribution is 8.76. The van der Waals surface area contributed by atoms with Gasteiger partial charge in [-0.2, -0.15) is 13.2 Å². The van der Waals surface area contributed by atoms with E-state index < -0.39 is 18.1 Å². The Hall–Kier alpha value is -2.08. The zero-order chi connectivity index (χ0) is 21.9. The minimum Gasteiger partial charge on any atom is -0.489 e. The maximum atomic E-state index is 11.8. The largest absolute Gasteiger partial charge is 0.490 e. The van der Waals surface area contributed by atoms with Gasteiger partial charge in [-0.3, -0.25) is 9.59 Å². The maximum Gasteiger partial charge on any atom is 0.490 e. The van der Waals surface area contributed by atoms with E-state index in [4.69, 9.17) is 19.7 Å². The zero-order valence-corrected chi connectivity index (χ0v) is 16.7. The van der Waals surface area contributed by atoms with Crippen LogP contribution in [0.15, 0.2) is 24.3 Å². The molecular formula is C17H20F3NO6S2. The summed E-state index contributed by atoms with van der Waals surface area (Å²) in [6.45, 7) is 0.587. The van der Waals surface area contributed by atoms with Crippen LogP contribution in [0.1, 0.15) is 18.4 Å². The highest BCUT2D eigenvalue weighted by Gasteiger charge is 2.38. The van der Waals surface area contributed by atoms with E-state index in [0.717, 1.165) is 23.5 Å². The van der Waals surface area contributed by atoms with E-state index in [0.29, 0.717) is 18.7 Å². The SMILES string of the molecule is O=C(O)C(F)(F)F.O=C(O)CCSSCCNC(=O)CC1Cc2ccccc2O1. The Morgan fingerprint density at radius 1 is 1.14 bits per heavy atom. The van der Waals surface area contributed by atoms with E-state index in [2.05, 4.69) is 5.32 Å². The molecule has 1 aliphatic heterocycles. The molecule has 1 aromatic carbocycles. The average Bonchev–Trinajstić information content (AvgIpc) is 3.02. The molecule has 1 amide bonds. The van der Waals surface area contributed by atoms with Crippen LogP contribution in [0.25, 0.3) is 0 Å². The van der Waals surface area contributed by atoms with Crippen LogP contribution in [0.4, 0.5) is 13.2 Å². The number of carbonyl (C=O) groups excluding carboxylic acids is 1. The maximum absolute atomic E-state index is 11.8. The molecule has 1 heterocycles. The van der Waals surface area contributed by atoms with E-state index in [1.165, 1.54) is 10.8 Å². The lowest BCUT2D eigenvalue weighted by molar-refractivity contribution is -0.192. The first-order valence-electron chi connectivity index (χ1n) is 8.37. The van der Waals surface area contributed by atoms with E-state index in [-0.39, 0.29) is 18.4 Å². The molecule has 3 N–H and O–H groups in total. The van der Waals surface area contributed by atoms with Crippen molar-refractivity contribution in [2.75, 3.05) is 18.1 Å².